The SMILES string of the molecule is CCOc1ccc(OCC)c(CCCC(C)CC(CN)C(=O)O)c1. The monoisotopic (exact) mass is 337 g/mol. The minimum Gasteiger partial charge on any atom is -0.494 e. The third-order valence-electron chi connectivity index (χ3n) is 4.11. The average molecular weight is 337 g/mol. The Balaban J connectivity index is 2.58. The molecule has 0 spiro atoms. The first-order valence-corrected chi connectivity index (χ1v) is 8.83. The zero-order valence-corrected chi connectivity index (χ0v) is 15.1. The lowest BCUT2D eigenvalue weighted by Crippen LogP contribution is -2.25. The van der Waals surface area contributed by atoms with Crippen LogP contribution in [0.15, 0.2) is 18.2 Å². The standard InChI is InChI=1S/C19H31NO4/c1-4-23-17-9-10-18(24-5-2)15(12-17)8-6-7-14(3)11-16(13-20)19(21)22/h9-10,12,14,16H,4-8,11,13,20H2,1-3H3,(H,21,22). The highest BCUT2D eigenvalue weighted by Crippen LogP contribution is 2.27. The molecule has 5 heteroatoms. The third-order valence-corrected chi connectivity index (χ3v) is 4.11. The van der Waals surface area contributed by atoms with Gasteiger partial charge in [0.1, 0.15) is 11.5 Å². The number of aryl methyl sites for hydroxylation is 1. The van der Waals surface area contributed by atoms with Crippen molar-refractivity contribution in [2.45, 2.75) is 46.5 Å². The van der Waals surface area contributed by atoms with Gasteiger partial charge in [0.2, 0.25) is 0 Å². The van der Waals surface area contributed by atoms with Gasteiger partial charge in [-0.05, 0) is 62.8 Å². The van der Waals surface area contributed by atoms with Gasteiger partial charge in [0.25, 0.3) is 0 Å². The highest BCUT2D eigenvalue weighted by molar-refractivity contribution is 5.70. The number of benzene rings is 1. The number of carboxylic acid groups (broad SMARTS) is 1. The van der Waals surface area contributed by atoms with Gasteiger partial charge in [-0.1, -0.05) is 13.3 Å². The summed E-state index contributed by atoms with van der Waals surface area (Å²) in [4.78, 5) is 11.1. The van der Waals surface area contributed by atoms with E-state index in [0.717, 1.165) is 36.3 Å². The number of rotatable bonds is 12. The maximum absolute atomic E-state index is 11.1. The smallest absolute Gasteiger partial charge is 0.307 e. The first-order valence-electron chi connectivity index (χ1n) is 8.83. The predicted molar refractivity (Wildman–Crippen MR) is 95.7 cm³/mol. The number of ether oxygens (including phenoxy) is 2. The van der Waals surface area contributed by atoms with Gasteiger partial charge < -0.3 is 20.3 Å². The Morgan fingerprint density at radius 3 is 2.54 bits per heavy atom. The largest absolute Gasteiger partial charge is 0.494 e. The van der Waals surface area contributed by atoms with E-state index in [0.29, 0.717) is 25.6 Å². The molecule has 0 aliphatic carbocycles. The fourth-order valence-corrected chi connectivity index (χ4v) is 2.85. The lowest BCUT2D eigenvalue weighted by Gasteiger charge is -2.17. The first kappa shape index (κ1) is 20.3. The molecule has 0 aliphatic heterocycles. The van der Waals surface area contributed by atoms with Crippen molar-refractivity contribution >= 4 is 5.97 Å². The average Bonchev–Trinajstić information content (AvgIpc) is 2.55. The van der Waals surface area contributed by atoms with Crippen molar-refractivity contribution in [1.29, 1.82) is 0 Å². The van der Waals surface area contributed by atoms with Crippen LogP contribution in [-0.4, -0.2) is 30.8 Å². The number of hydrogen-bond acceptors (Lipinski definition) is 4. The summed E-state index contributed by atoms with van der Waals surface area (Å²) in [7, 11) is 0. The Hall–Kier alpha value is -1.75. The van der Waals surface area contributed by atoms with Gasteiger partial charge in [0, 0.05) is 6.54 Å². The fourth-order valence-electron chi connectivity index (χ4n) is 2.85. The number of hydrogen-bond donors (Lipinski definition) is 2. The maximum Gasteiger partial charge on any atom is 0.307 e. The van der Waals surface area contributed by atoms with Crippen LogP contribution in [0.2, 0.25) is 0 Å². The van der Waals surface area contributed by atoms with Crippen molar-refractivity contribution in [3.63, 3.8) is 0 Å². The maximum atomic E-state index is 11.1. The second-order valence-electron chi connectivity index (χ2n) is 6.14. The summed E-state index contributed by atoms with van der Waals surface area (Å²) < 4.78 is 11.3. The molecule has 0 aliphatic rings. The van der Waals surface area contributed by atoms with Crippen LogP contribution in [0.1, 0.15) is 45.6 Å². The van der Waals surface area contributed by atoms with Gasteiger partial charge in [0.15, 0.2) is 0 Å². The first-order chi connectivity index (χ1) is 11.5. The van der Waals surface area contributed by atoms with Crippen molar-refractivity contribution in [2.24, 2.45) is 17.6 Å². The van der Waals surface area contributed by atoms with Gasteiger partial charge in [0.05, 0.1) is 19.1 Å². The quantitative estimate of drug-likeness (QED) is 0.610. The van der Waals surface area contributed by atoms with Crippen LogP contribution in [0.3, 0.4) is 0 Å². The van der Waals surface area contributed by atoms with Crippen LogP contribution < -0.4 is 15.2 Å². The van der Waals surface area contributed by atoms with E-state index in [1.54, 1.807) is 0 Å². The lowest BCUT2D eigenvalue weighted by atomic mass is 9.91. The topological polar surface area (TPSA) is 81.8 Å². The summed E-state index contributed by atoms with van der Waals surface area (Å²) in [5.41, 5.74) is 6.67. The molecule has 0 bridgehead atoms. The molecule has 0 heterocycles. The van der Waals surface area contributed by atoms with Gasteiger partial charge in [-0.15, -0.1) is 0 Å². The Labute approximate surface area is 145 Å². The molecular formula is C19H31NO4. The fraction of sp³-hybridized carbons (Fsp3) is 0.632. The normalized spacial score (nSPS) is 13.3. The summed E-state index contributed by atoms with van der Waals surface area (Å²) in [6.45, 7) is 7.50. The molecule has 0 saturated carbocycles. The van der Waals surface area contributed by atoms with Crippen molar-refractivity contribution in [3.05, 3.63) is 23.8 Å². The zero-order chi connectivity index (χ0) is 17.9. The van der Waals surface area contributed by atoms with E-state index in [1.807, 2.05) is 32.0 Å². The van der Waals surface area contributed by atoms with Crippen LogP contribution in [0.5, 0.6) is 11.5 Å². The molecule has 0 amide bonds. The minimum absolute atomic E-state index is 0.199. The molecule has 24 heavy (non-hydrogen) atoms. The summed E-state index contributed by atoms with van der Waals surface area (Å²) in [5, 5.41) is 9.09. The second-order valence-corrected chi connectivity index (χ2v) is 6.14. The van der Waals surface area contributed by atoms with Gasteiger partial charge in [-0.25, -0.2) is 0 Å². The second kappa shape index (κ2) is 10.9. The van der Waals surface area contributed by atoms with E-state index in [2.05, 4.69) is 6.92 Å². The zero-order valence-electron chi connectivity index (χ0n) is 15.1. The van der Waals surface area contributed by atoms with E-state index in [1.165, 1.54) is 0 Å². The molecule has 3 N–H and O–H groups in total. The Morgan fingerprint density at radius 1 is 1.25 bits per heavy atom. The number of nitrogens with two attached hydrogens (primary N) is 1. The highest BCUT2D eigenvalue weighted by Gasteiger charge is 2.18. The molecule has 136 valence electrons. The van der Waals surface area contributed by atoms with E-state index >= 15 is 0 Å². The summed E-state index contributed by atoms with van der Waals surface area (Å²) in [6.07, 6.45) is 3.46. The van der Waals surface area contributed by atoms with E-state index < -0.39 is 11.9 Å². The van der Waals surface area contributed by atoms with Crippen molar-refractivity contribution in [1.82, 2.24) is 0 Å². The molecule has 5 nitrogen and oxygen atoms in total. The third kappa shape index (κ3) is 6.79. The van der Waals surface area contributed by atoms with Gasteiger partial charge >= 0.3 is 5.97 Å². The predicted octanol–water partition coefficient (Wildman–Crippen LogP) is 3.49. The molecule has 0 fully saturated rings. The Kier molecular flexibility index (Phi) is 9.23. The molecule has 0 aromatic heterocycles. The van der Waals surface area contributed by atoms with E-state index in [-0.39, 0.29) is 6.54 Å². The number of carboxylic acids is 1. The van der Waals surface area contributed by atoms with Crippen molar-refractivity contribution < 1.29 is 19.4 Å². The molecular weight excluding hydrogens is 306 g/mol. The number of carbonyl (C=O) groups is 1. The Bertz CT molecular complexity index is 504. The molecule has 1 aromatic carbocycles. The molecule has 0 radical (unpaired) electrons. The van der Waals surface area contributed by atoms with Gasteiger partial charge in [-0.3, -0.25) is 4.79 Å². The van der Waals surface area contributed by atoms with Crippen LogP contribution in [0, 0.1) is 11.8 Å². The van der Waals surface area contributed by atoms with E-state index in [9.17, 15) is 4.79 Å². The van der Waals surface area contributed by atoms with Crippen LogP contribution >= 0.6 is 0 Å². The summed E-state index contributed by atoms with van der Waals surface area (Å²) >= 11 is 0. The van der Waals surface area contributed by atoms with Crippen LogP contribution in [0.25, 0.3) is 0 Å². The minimum atomic E-state index is -0.799. The Morgan fingerprint density at radius 2 is 1.96 bits per heavy atom. The number of aliphatic carboxylic acids is 1. The molecule has 1 rings (SSSR count). The summed E-state index contributed by atoms with van der Waals surface area (Å²) in [6, 6.07) is 5.93. The van der Waals surface area contributed by atoms with Gasteiger partial charge in [-0.2, -0.15) is 0 Å². The molecule has 2 atom stereocenters. The van der Waals surface area contributed by atoms with Crippen molar-refractivity contribution in [3.8, 4) is 11.5 Å². The van der Waals surface area contributed by atoms with Crippen molar-refractivity contribution in [2.75, 3.05) is 19.8 Å². The lowest BCUT2D eigenvalue weighted by molar-refractivity contribution is -0.141. The molecule has 0 saturated heterocycles. The van der Waals surface area contributed by atoms with Crippen LogP contribution in [-0.2, 0) is 11.2 Å². The van der Waals surface area contributed by atoms with E-state index in [4.69, 9.17) is 20.3 Å². The summed E-state index contributed by atoms with van der Waals surface area (Å²) in [5.74, 6) is 0.852. The molecule has 1 aromatic rings. The molecule has 2 unspecified atom stereocenters. The highest BCUT2D eigenvalue weighted by atomic mass is 16.5. The van der Waals surface area contributed by atoms with Crippen LogP contribution in [0.4, 0.5) is 0 Å².